The molecule has 0 spiro atoms. The van der Waals surface area contributed by atoms with E-state index in [4.69, 9.17) is 11.6 Å². The van der Waals surface area contributed by atoms with E-state index < -0.39 is 18.7 Å². The van der Waals surface area contributed by atoms with Crippen LogP contribution in [0.1, 0.15) is 15.9 Å². The van der Waals surface area contributed by atoms with Crippen molar-refractivity contribution < 1.29 is 22.7 Å². The Kier molecular flexibility index (Phi) is 6.28. The third kappa shape index (κ3) is 5.51. The monoisotopic (exact) mass is 427 g/mol. The maximum atomic E-state index is 12.3. The average molecular weight is 428 g/mol. The molecule has 0 unspecified atom stereocenters. The van der Waals surface area contributed by atoms with E-state index >= 15 is 0 Å². The SMILES string of the molecule is O=C(Nc1nnc(-c2ccccc2Cl)s1)c1ccc(COCC(F)(F)F)cc1. The van der Waals surface area contributed by atoms with Crippen molar-refractivity contribution in [2.24, 2.45) is 0 Å². The molecule has 28 heavy (non-hydrogen) atoms. The first-order valence-corrected chi connectivity index (χ1v) is 9.14. The summed E-state index contributed by atoms with van der Waals surface area (Å²) in [6.07, 6.45) is -4.37. The van der Waals surface area contributed by atoms with Crippen LogP contribution < -0.4 is 5.32 Å². The molecule has 1 aromatic heterocycles. The summed E-state index contributed by atoms with van der Waals surface area (Å²) < 4.78 is 40.8. The highest BCUT2D eigenvalue weighted by atomic mass is 35.5. The van der Waals surface area contributed by atoms with Gasteiger partial charge in [0.25, 0.3) is 5.91 Å². The second-order valence-corrected chi connectivity index (χ2v) is 7.04. The zero-order valence-electron chi connectivity index (χ0n) is 14.2. The number of ether oxygens (including phenoxy) is 1. The van der Waals surface area contributed by atoms with Crippen LogP contribution in [0.25, 0.3) is 10.6 Å². The summed E-state index contributed by atoms with van der Waals surface area (Å²) in [7, 11) is 0. The minimum absolute atomic E-state index is 0.195. The lowest BCUT2D eigenvalue weighted by atomic mass is 10.1. The summed E-state index contributed by atoms with van der Waals surface area (Å²) in [4.78, 5) is 12.3. The van der Waals surface area contributed by atoms with Crippen LogP contribution in [0.2, 0.25) is 5.02 Å². The number of anilines is 1. The third-order valence-corrected chi connectivity index (χ3v) is 4.70. The molecule has 1 amide bonds. The normalized spacial score (nSPS) is 11.4. The number of aromatic nitrogens is 2. The van der Waals surface area contributed by atoms with Gasteiger partial charge in [-0.3, -0.25) is 10.1 Å². The number of carbonyl (C=O) groups is 1. The summed E-state index contributed by atoms with van der Waals surface area (Å²) in [5.74, 6) is -0.412. The number of amides is 1. The highest BCUT2D eigenvalue weighted by molar-refractivity contribution is 7.18. The lowest BCUT2D eigenvalue weighted by Gasteiger charge is -2.08. The van der Waals surface area contributed by atoms with Gasteiger partial charge in [-0.2, -0.15) is 13.2 Å². The van der Waals surface area contributed by atoms with Crippen LogP contribution >= 0.6 is 22.9 Å². The van der Waals surface area contributed by atoms with E-state index in [1.807, 2.05) is 6.07 Å². The number of hydrogen-bond donors (Lipinski definition) is 1. The molecular weight excluding hydrogens is 415 g/mol. The van der Waals surface area contributed by atoms with Gasteiger partial charge >= 0.3 is 6.18 Å². The van der Waals surface area contributed by atoms with Crippen molar-refractivity contribution in [3.8, 4) is 10.6 Å². The van der Waals surface area contributed by atoms with E-state index in [0.717, 1.165) is 0 Å². The van der Waals surface area contributed by atoms with E-state index in [2.05, 4.69) is 20.3 Å². The topological polar surface area (TPSA) is 64.1 Å². The lowest BCUT2D eigenvalue weighted by Crippen LogP contribution is -2.16. The van der Waals surface area contributed by atoms with E-state index in [9.17, 15) is 18.0 Å². The molecule has 0 bridgehead atoms. The Labute approximate surface area is 167 Å². The number of rotatable bonds is 6. The molecule has 3 rings (SSSR count). The average Bonchev–Trinajstić information content (AvgIpc) is 3.10. The van der Waals surface area contributed by atoms with Crippen molar-refractivity contribution in [1.29, 1.82) is 0 Å². The zero-order valence-corrected chi connectivity index (χ0v) is 15.7. The Morgan fingerprint density at radius 3 is 2.50 bits per heavy atom. The minimum atomic E-state index is -4.37. The Morgan fingerprint density at radius 1 is 1.11 bits per heavy atom. The molecule has 146 valence electrons. The van der Waals surface area contributed by atoms with Crippen LogP contribution in [0.4, 0.5) is 18.3 Å². The summed E-state index contributed by atoms with van der Waals surface area (Å²) in [6.45, 7) is -1.51. The predicted octanol–water partition coefficient (Wildman–Crippen LogP) is 5.19. The van der Waals surface area contributed by atoms with Gasteiger partial charge in [-0.25, -0.2) is 0 Å². The smallest absolute Gasteiger partial charge is 0.367 e. The van der Waals surface area contributed by atoms with Crippen molar-refractivity contribution >= 4 is 34.0 Å². The first kappa shape index (κ1) is 20.2. The van der Waals surface area contributed by atoms with Crippen LogP contribution in [-0.2, 0) is 11.3 Å². The van der Waals surface area contributed by atoms with Crippen molar-refractivity contribution in [2.75, 3.05) is 11.9 Å². The summed E-state index contributed by atoms with van der Waals surface area (Å²) in [5.41, 5.74) is 1.57. The molecule has 0 aliphatic carbocycles. The van der Waals surface area contributed by atoms with Gasteiger partial charge < -0.3 is 4.74 Å². The predicted molar refractivity (Wildman–Crippen MR) is 100 cm³/mol. The number of nitrogens with zero attached hydrogens (tertiary/aromatic N) is 2. The van der Waals surface area contributed by atoms with Gasteiger partial charge in [0.15, 0.2) is 5.01 Å². The second kappa shape index (κ2) is 8.68. The fraction of sp³-hybridized carbons (Fsp3) is 0.167. The number of hydrogen-bond acceptors (Lipinski definition) is 5. The van der Waals surface area contributed by atoms with Crippen LogP contribution in [0.15, 0.2) is 48.5 Å². The molecule has 0 saturated carbocycles. The van der Waals surface area contributed by atoms with Crippen LogP contribution in [0.3, 0.4) is 0 Å². The Balaban J connectivity index is 1.60. The van der Waals surface area contributed by atoms with Gasteiger partial charge in [0.1, 0.15) is 6.61 Å². The number of nitrogens with one attached hydrogen (secondary N) is 1. The molecule has 0 radical (unpaired) electrons. The van der Waals surface area contributed by atoms with Crippen molar-refractivity contribution in [1.82, 2.24) is 10.2 Å². The molecule has 0 fully saturated rings. The van der Waals surface area contributed by atoms with Gasteiger partial charge in [0.2, 0.25) is 5.13 Å². The first-order chi connectivity index (χ1) is 13.3. The molecule has 1 heterocycles. The van der Waals surface area contributed by atoms with Gasteiger partial charge in [-0.1, -0.05) is 53.3 Å². The van der Waals surface area contributed by atoms with Crippen LogP contribution in [0.5, 0.6) is 0 Å². The Bertz CT molecular complexity index is 961. The molecule has 0 aliphatic heterocycles. The van der Waals surface area contributed by atoms with Crippen molar-refractivity contribution in [3.63, 3.8) is 0 Å². The summed E-state index contributed by atoms with van der Waals surface area (Å²) in [6, 6.07) is 13.2. The van der Waals surface area contributed by atoms with E-state index in [-0.39, 0.29) is 6.61 Å². The lowest BCUT2D eigenvalue weighted by molar-refractivity contribution is -0.176. The number of benzene rings is 2. The van der Waals surface area contributed by atoms with Gasteiger partial charge in [-0.05, 0) is 23.8 Å². The third-order valence-electron chi connectivity index (χ3n) is 3.50. The first-order valence-electron chi connectivity index (χ1n) is 7.95. The van der Waals surface area contributed by atoms with Gasteiger partial charge in [0.05, 0.1) is 11.6 Å². The zero-order chi connectivity index (χ0) is 20.1. The number of carbonyl (C=O) groups excluding carboxylic acids is 1. The van der Waals surface area contributed by atoms with E-state index in [1.54, 1.807) is 18.2 Å². The standard InChI is InChI=1S/C18H13ClF3N3O2S/c19-14-4-2-1-3-13(14)16-24-25-17(28-16)23-15(26)12-7-5-11(6-8-12)9-27-10-18(20,21)22/h1-8H,9-10H2,(H,23,25,26). The maximum Gasteiger partial charge on any atom is 0.411 e. The highest BCUT2D eigenvalue weighted by Gasteiger charge is 2.27. The molecule has 10 heteroatoms. The van der Waals surface area contributed by atoms with Crippen molar-refractivity contribution in [2.45, 2.75) is 12.8 Å². The number of alkyl halides is 3. The molecule has 5 nitrogen and oxygen atoms in total. The Hall–Kier alpha value is -2.49. The highest BCUT2D eigenvalue weighted by Crippen LogP contribution is 2.31. The van der Waals surface area contributed by atoms with Crippen LogP contribution in [0, 0.1) is 0 Å². The molecular formula is C18H13ClF3N3O2S. The molecule has 0 saturated heterocycles. The summed E-state index contributed by atoms with van der Waals surface area (Å²) in [5, 5.41) is 12.0. The molecule has 1 N–H and O–H groups in total. The molecule has 0 aliphatic rings. The van der Waals surface area contributed by atoms with Crippen LogP contribution in [-0.4, -0.2) is 28.9 Å². The van der Waals surface area contributed by atoms with Gasteiger partial charge in [-0.15, -0.1) is 10.2 Å². The van der Waals surface area contributed by atoms with E-state index in [0.29, 0.717) is 31.9 Å². The second-order valence-electron chi connectivity index (χ2n) is 5.65. The fourth-order valence-corrected chi connectivity index (χ4v) is 3.28. The molecule has 0 atom stereocenters. The molecule has 3 aromatic rings. The Morgan fingerprint density at radius 2 is 1.82 bits per heavy atom. The summed E-state index contributed by atoms with van der Waals surface area (Å²) >= 11 is 7.30. The minimum Gasteiger partial charge on any atom is -0.367 e. The quantitative estimate of drug-likeness (QED) is 0.588. The maximum absolute atomic E-state index is 12.3. The fourth-order valence-electron chi connectivity index (χ4n) is 2.22. The number of halogens is 4. The molecule has 2 aromatic carbocycles. The van der Waals surface area contributed by atoms with E-state index in [1.165, 1.54) is 35.6 Å². The largest absolute Gasteiger partial charge is 0.411 e. The van der Waals surface area contributed by atoms with Crippen molar-refractivity contribution in [3.05, 3.63) is 64.7 Å². The van der Waals surface area contributed by atoms with Gasteiger partial charge in [0, 0.05) is 11.1 Å².